The number of ether oxygens (including phenoxy) is 3. The molecule has 96 valence electrons. The van der Waals surface area contributed by atoms with Crippen molar-refractivity contribution in [3.63, 3.8) is 0 Å². The van der Waals surface area contributed by atoms with Crippen LogP contribution >= 0.6 is 0 Å². The Morgan fingerprint density at radius 1 is 0.941 bits per heavy atom. The van der Waals surface area contributed by atoms with Crippen molar-refractivity contribution < 1.29 is 19.3 Å². The Hall–Kier alpha value is -1.58. The van der Waals surface area contributed by atoms with Gasteiger partial charge in [-0.05, 0) is 39.8 Å². The Bertz CT molecular complexity index is 372. The zero-order chi connectivity index (χ0) is 13.0. The quantitative estimate of drug-likeness (QED) is 0.859. The highest BCUT2D eigenvalue weighted by Gasteiger charge is 2.19. The molecule has 0 aliphatic rings. The van der Waals surface area contributed by atoms with Crippen LogP contribution < -0.4 is 14.2 Å². The SMILES string of the molecule is COc1ccc(O)c(OC(C)C)c1OC(C)C. The van der Waals surface area contributed by atoms with E-state index in [1.165, 1.54) is 6.07 Å². The largest absolute Gasteiger partial charge is 0.504 e. The van der Waals surface area contributed by atoms with Crippen LogP contribution in [0.1, 0.15) is 27.7 Å². The van der Waals surface area contributed by atoms with Crippen LogP contribution in [0.25, 0.3) is 0 Å². The van der Waals surface area contributed by atoms with Gasteiger partial charge in [0.15, 0.2) is 11.5 Å². The zero-order valence-electron chi connectivity index (χ0n) is 11.0. The second-order valence-electron chi connectivity index (χ2n) is 4.28. The van der Waals surface area contributed by atoms with Crippen molar-refractivity contribution in [2.75, 3.05) is 7.11 Å². The number of hydrogen-bond acceptors (Lipinski definition) is 4. The molecule has 0 heterocycles. The molecular weight excluding hydrogens is 220 g/mol. The smallest absolute Gasteiger partial charge is 0.207 e. The lowest BCUT2D eigenvalue weighted by atomic mass is 10.2. The van der Waals surface area contributed by atoms with Gasteiger partial charge in [-0.3, -0.25) is 0 Å². The summed E-state index contributed by atoms with van der Waals surface area (Å²) in [5, 5.41) is 9.81. The highest BCUT2D eigenvalue weighted by atomic mass is 16.6. The minimum Gasteiger partial charge on any atom is -0.504 e. The van der Waals surface area contributed by atoms with E-state index < -0.39 is 0 Å². The second kappa shape index (κ2) is 5.66. The molecule has 0 radical (unpaired) electrons. The van der Waals surface area contributed by atoms with Crippen molar-refractivity contribution in [1.82, 2.24) is 0 Å². The van der Waals surface area contributed by atoms with Gasteiger partial charge >= 0.3 is 0 Å². The summed E-state index contributed by atoms with van der Waals surface area (Å²) < 4.78 is 16.4. The molecule has 4 heteroatoms. The minimum absolute atomic E-state index is 0.0276. The van der Waals surface area contributed by atoms with Gasteiger partial charge in [-0.25, -0.2) is 0 Å². The van der Waals surface area contributed by atoms with Crippen molar-refractivity contribution in [2.45, 2.75) is 39.9 Å². The summed E-state index contributed by atoms with van der Waals surface area (Å²) in [5.41, 5.74) is 0. The molecular formula is C13H20O4. The number of benzene rings is 1. The van der Waals surface area contributed by atoms with Gasteiger partial charge in [-0.2, -0.15) is 0 Å². The van der Waals surface area contributed by atoms with Gasteiger partial charge in [-0.15, -0.1) is 0 Å². The third-order valence-electron chi connectivity index (χ3n) is 1.98. The first-order valence-corrected chi connectivity index (χ1v) is 5.69. The topological polar surface area (TPSA) is 47.9 Å². The number of methoxy groups -OCH3 is 1. The van der Waals surface area contributed by atoms with Gasteiger partial charge in [0, 0.05) is 0 Å². The van der Waals surface area contributed by atoms with Crippen LogP contribution in [0.3, 0.4) is 0 Å². The third-order valence-corrected chi connectivity index (χ3v) is 1.98. The Labute approximate surface area is 102 Å². The van der Waals surface area contributed by atoms with Gasteiger partial charge < -0.3 is 19.3 Å². The van der Waals surface area contributed by atoms with Crippen LogP contribution in [-0.2, 0) is 0 Å². The zero-order valence-corrected chi connectivity index (χ0v) is 11.0. The fourth-order valence-corrected chi connectivity index (χ4v) is 1.39. The van der Waals surface area contributed by atoms with E-state index in [1.54, 1.807) is 13.2 Å². The Kier molecular flexibility index (Phi) is 4.49. The van der Waals surface area contributed by atoms with E-state index >= 15 is 0 Å². The lowest BCUT2D eigenvalue weighted by Crippen LogP contribution is -2.11. The number of aromatic hydroxyl groups is 1. The second-order valence-corrected chi connectivity index (χ2v) is 4.28. The maximum Gasteiger partial charge on any atom is 0.207 e. The van der Waals surface area contributed by atoms with Crippen molar-refractivity contribution >= 4 is 0 Å². The fourth-order valence-electron chi connectivity index (χ4n) is 1.39. The van der Waals surface area contributed by atoms with Gasteiger partial charge in [0.2, 0.25) is 11.5 Å². The summed E-state index contributed by atoms with van der Waals surface area (Å²) in [4.78, 5) is 0. The van der Waals surface area contributed by atoms with Crippen LogP contribution in [0.15, 0.2) is 12.1 Å². The molecule has 0 saturated heterocycles. The molecule has 1 N–H and O–H groups in total. The van der Waals surface area contributed by atoms with Crippen molar-refractivity contribution in [1.29, 1.82) is 0 Å². The van der Waals surface area contributed by atoms with E-state index in [-0.39, 0.29) is 18.0 Å². The lowest BCUT2D eigenvalue weighted by Gasteiger charge is -2.20. The third kappa shape index (κ3) is 3.44. The average Bonchev–Trinajstić information content (AvgIpc) is 2.22. The first kappa shape index (κ1) is 13.5. The lowest BCUT2D eigenvalue weighted by molar-refractivity contribution is 0.185. The molecule has 4 nitrogen and oxygen atoms in total. The maximum atomic E-state index is 9.81. The average molecular weight is 240 g/mol. The van der Waals surface area contributed by atoms with Crippen LogP contribution in [0.4, 0.5) is 0 Å². The van der Waals surface area contributed by atoms with E-state index in [0.717, 1.165) is 0 Å². The van der Waals surface area contributed by atoms with E-state index in [2.05, 4.69) is 0 Å². The van der Waals surface area contributed by atoms with Gasteiger partial charge in [0.05, 0.1) is 19.3 Å². The predicted octanol–water partition coefficient (Wildman–Crippen LogP) is 2.98. The molecule has 0 saturated carbocycles. The van der Waals surface area contributed by atoms with Crippen LogP contribution in [0.2, 0.25) is 0 Å². The summed E-state index contributed by atoms with van der Waals surface area (Å²) in [7, 11) is 1.55. The molecule has 0 fully saturated rings. The van der Waals surface area contributed by atoms with E-state index in [0.29, 0.717) is 17.2 Å². The standard InChI is InChI=1S/C13H20O4/c1-8(2)16-12-10(14)6-7-11(15-5)13(12)17-9(3)4/h6-9,14H,1-5H3. The highest BCUT2D eigenvalue weighted by Crippen LogP contribution is 2.44. The molecule has 1 aromatic rings. The summed E-state index contributed by atoms with van der Waals surface area (Å²) in [5.74, 6) is 1.37. The van der Waals surface area contributed by atoms with E-state index in [1.807, 2.05) is 27.7 Å². The summed E-state index contributed by atoms with van der Waals surface area (Å²) >= 11 is 0. The minimum atomic E-state index is -0.0532. The van der Waals surface area contributed by atoms with Crippen molar-refractivity contribution in [3.05, 3.63) is 12.1 Å². The normalized spacial score (nSPS) is 10.8. The first-order valence-electron chi connectivity index (χ1n) is 5.69. The Morgan fingerprint density at radius 3 is 1.94 bits per heavy atom. The molecule has 0 amide bonds. The molecule has 0 aliphatic heterocycles. The summed E-state index contributed by atoms with van der Waals surface area (Å²) in [6, 6.07) is 3.18. The predicted molar refractivity (Wildman–Crippen MR) is 66.2 cm³/mol. The molecule has 1 rings (SSSR count). The number of hydrogen-bond donors (Lipinski definition) is 1. The molecule has 0 spiro atoms. The van der Waals surface area contributed by atoms with E-state index in [4.69, 9.17) is 14.2 Å². The fraction of sp³-hybridized carbons (Fsp3) is 0.538. The molecule has 1 aromatic carbocycles. The van der Waals surface area contributed by atoms with Crippen LogP contribution in [-0.4, -0.2) is 24.4 Å². The van der Waals surface area contributed by atoms with Crippen LogP contribution in [0, 0.1) is 0 Å². The Morgan fingerprint density at radius 2 is 1.47 bits per heavy atom. The van der Waals surface area contributed by atoms with E-state index in [9.17, 15) is 5.11 Å². The first-order chi connectivity index (χ1) is 7.95. The number of rotatable bonds is 5. The molecule has 17 heavy (non-hydrogen) atoms. The molecule has 0 unspecified atom stereocenters. The molecule has 0 bridgehead atoms. The highest BCUT2D eigenvalue weighted by molar-refractivity contribution is 5.58. The Balaban J connectivity index is 3.21. The molecule has 0 aromatic heterocycles. The summed E-state index contributed by atoms with van der Waals surface area (Å²) in [6.07, 6.45) is -0.0808. The number of phenols is 1. The van der Waals surface area contributed by atoms with Gasteiger partial charge in [0.25, 0.3) is 0 Å². The van der Waals surface area contributed by atoms with Gasteiger partial charge in [0.1, 0.15) is 0 Å². The monoisotopic (exact) mass is 240 g/mol. The maximum absolute atomic E-state index is 9.81. The number of phenolic OH excluding ortho intramolecular Hbond substituents is 1. The van der Waals surface area contributed by atoms with Gasteiger partial charge in [-0.1, -0.05) is 0 Å². The van der Waals surface area contributed by atoms with Crippen molar-refractivity contribution in [2.24, 2.45) is 0 Å². The molecule has 0 atom stereocenters. The van der Waals surface area contributed by atoms with Crippen LogP contribution in [0.5, 0.6) is 23.0 Å². The van der Waals surface area contributed by atoms with Crippen molar-refractivity contribution in [3.8, 4) is 23.0 Å². The summed E-state index contributed by atoms with van der Waals surface area (Å²) in [6.45, 7) is 7.58. The molecule has 0 aliphatic carbocycles.